The van der Waals surface area contributed by atoms with Crippen LogP contribution in [-0.4, -0.2) is 42.4 Å². The number of nitriles is 1. The van der Waals surface area contributed by atoms with E-state index in [0.717, 1.165) is 25.1 Å². The highest BCUT2D eigenvalue weighted by molar-refractivity contribution is 5.31. The molecule has 18 heavy (non-hydrogen) atoms. The molecule has 1 aliphatic rings. The SMILES string of the molecule is CO[C@@H]1C[C@@H](CO)N(Cc2ccc(C#N)cc2)C1. The quantitative estimate of drug-likeness (QED) is 0.865. The summed E-state index contributed by atoms with van der Waals surface area (Å²) in [4.78, 5) is 2.23. The molecule has 1 aliphatic heterocycles. The molecule has 2 rings (SSSR count). The molecule has 96 valence electrons. The molecular weight excluding hydrogens is 228 g/mol. The third-order valence-electron chi connectivity index (χ3n) is 3.50. The number of ether oxygens (including phenoxy) is 1. The van der Waals surface area contributed by atoms with Gasteiger partial charge in [-0.05, 0) is 24.1 Å². The lowest BCUT2D eigenvalue weighted by molar-refractivity contribution is 0.107. The van der Waals surface area contributed by atoms with E-state index in [9.17, 15) is 5.11 Å². The summed E-state index contributed by atoms with van der Waals surface area (Å²) in [6.45, 7) is 1.80. The van der Waals surface area contributed by atoms with Crippen LogP contribution >= 0.6 is 0 Å². The summed E-state index contributed by atoms with van der Waals surface area (Å²) in [5.41, 5.74) is 1.83. The van der Waals surface area contributed by atoms with Gasteiger partial charge < -0.3 is 9.84 Å². The lowest BCUT2D eigenvalue weighted by atomic mass is 10.1. The molecule has 1 aromatic rings. The highest BCUT2D eigenvalue weighted by Crippen LogP contribution is 2.22. The van der Waals surface area contributed by atoms with Gasteiger partial charge in [0.15, 0.2) is 0 Å². The van der Waals surface area contributed by atoms with Crippen LogP contribution in [-0.2, 0) is 11.3 Å². The first-order chi connectivity index (χ1) is 8.76. The largest absolute Gasteiger partial charge is 0.395 e. The topological polar surface area (TPSA) is 56.5 Å². The molecule has 0 amide bonds. The lowest BCUT2D eigenvalue weighted by Gasteiger charge is -2.22. The molecule has 1 aromatic carbocycles. The van der Waals surface area contributed by atoms with Crippen LogP contribution < -0.4 is 0 Å². The van der Waals surface area contributed by atoms with Gasteiger partial charge in [0.2, 0.25) is 0 Å². The Kier molecular flexibility index (Phi) is 4.32. The third kappa shape index (κ3) is 2.88. The molecule has 0 saturated carbocycles. The number of rotatable bonds is 4. The van der Waals surface area contributed by atoms with Gasteiger partial charge in [0.05, 0.1) is 24.3 Å². The number of hydrogen-bond donors (Lipinski definition) is 1. The summed E-state index contributed by atoms with van der Waals surface area (Å²) in [6.07, 6.45) is 1.09. The van der Waals surface area contributed by atoms with Gasteiger partial charge in [-0.15, -0.1) is 0 Å². The fraction of sp³-hybridized carbons (Fsp3) is 0.500. The fourth-order valence-corrected chi connectivity index (χ4v) is 2.41. The van der Waals surface area contributed by atoms with Gasteiger partial charge in [-0.2, -0.15) is 5.26 Å². The molecule has 4 heteroatoms. The van der Waals surface area contributed by atoms with E-state index in [2.05, 4.69) is 11.0 Å². The summed E-state index contributed by atoms with van der Waals surface area (Å²) in [7, 11) is 1.71. The normalized spacial score (nSPS) is 24.1. The molecule has 0 unspecified atom stereocenters. The van der Waals surface area contributed by atoms with Crippen molar-refractivity contribution in [3.63, 3.8) is 0 Å². The molecule has 4 nitrogen and oxygen atoms in total. The summed E-state index contributed by atoms with van der Waals surface area (Å²) in [5.74, 6) is 0. The van der Waals surface area contributed by atoms with Gasteiger partial charge in [-0.3, -0.25) is 4.90 Å². The second kappa shape index (κ2) is 5.96. The summed E-state index contributed by atoms with van der Waals surface area (Å²) >= 11 is 0. The Bertz CT molecular complexity index is 424. The number of methoxy groups -OCH3 is 1. The summed E-state index contributed by atoms with van der Waals surface area (Å²) in [5, 5.41) is 18.1. The molecule has 0 bridgehead atoms. The van der Waals surface area contributed by atoms with Crippen LogP contribution in [0.25, 0.3) is 0 Å². The van der Waals surface area contributed by atoms with Gasteiger partial charge >= 0.3 is 0 Å². The van der Waals surface area contributed by atoms with Crippen LogP contribution in [0.15, 0.2) is 24.3 Å². The zero-order chi connectivity index (χ0) is 13.0. The summed E-state index contributed by atoms with van der Waals surface area (Å²) < 4.78 is 5.35. The Balaban J connectivity index is 2.01. The number of nitrogens with zero attached hydrogens (tertiary/aromatic N) is 2. The number of hydrogen-bond acceptors (Lipinski definition) is 4. The average Bonchev–Trinajstić information content (AvgIpc) is 2.82. The van der Waals surface area contributed by atoms with Crippen LogP contribution in [0.3, 0.4) is 0 Å². The fourth-order valence-electron chi connectivity index (χ4n) is 2.41. The molecule has 1 saturated heterocycles. The predicted molar refractivity (Wildman–Crippen MR) is 67.9 cm³/mol. The Labute approximate surface area is 107 Å². The van der Waals surface area contributed by atoms with E-state index in [1.54, 1.807) is 7.11 Å². The molecule has 0 aromatic heterocycles. The van der Waals surface area contributed by atoms with Crippen molar-refractivity contribution in [2.24, 2.45) is 0 Å². The second-order valence-corrected chi connectivity index (χ2v) is 4.67. The van der Waals surface area contributed by atoms with Gasteiger partial charge in [-0.25, -0.2) is 0 Å². The minimum Gasteiger partial charge on any atom is -0.395 e. The average molecular weight is 246 g/mol. The molecule has 0 aliphatic carbocycles. The monoisotopic (exact) mass is 246 g/mol. The smallest absolute Gasteiger partial charge is 0.0991 e. The lowest BCUT2D eigenvalue weighted by Crippen LogP contribution is -2.31. The van der Waals surface area contributed by atoms with Crippen LogP contribution in [0.5, 0.6) is 0 Å². The van der Waals surface area contributed by atoms with Crippen LogP contribution in [0.2, 0.25) is 0 Å². The third-order valence-corrected chi connectivity index (χ3v) is 3.50. The first kappa shape index (κ1) is 13.0. The number of aliphatic hydroxyl groups excluding tert-OH is 1. The van der Waals surface area contributed by atoms with Crippen molar-refractivity contribution in [2.45, 2.75) is 25.1 Å². The minimum absolute atomic E-state index is 0.163. The zero-order valence-electron chi connectivity index (χ0n) is 10.5. The highest BCUT2D eigenvalue weighted by atomic mass is 16.5. The molecule has 0 radical (unpaired) electrons. The van der Waals surface area contributed by atoms with Crippen molar-refractivity contribution >= 4 is 0 Å². The van der Waals surface area contributed by atoms with Crippen molar-refractivity contribution < 1.29 is 9.84 Å². The van der Waals surface area contributed by atoms with E-state index in [1.165, 1.54) is 0 Å². The molecule has 1 heterocycles. The van der Waals surface area contributed by atoms with Gasteiger partial charge in [-0.1, -0.05) is 12.1 Å². The maximum atomic E-state index is 9.37. The van der Waals surface area contributed by atoms with E-state index in [0.29, 0.717) is 5.56 Å². The maximum absolute atomic E-state index is 9.37. The van der Waals surface area contributed by atoms with Crippen molar-refractivity contribution in [2.75, 3.05) is 20.3 Å². The van der Waals surface area contributed by atoms with Gasteiger partial charge in [0.1, 0.15) is 0 Å². The minimum atomic E-state index is 0.163. The molecule has 1 fully saturated rings. The van der Waals surface area contributed by atoms with Crippen LogP contribution in [0.4, 0.5) is 0 Å². The van der Waals surface area contributed by atoms with Crippen molar-refractivity contribution in [1.82, 2.24) is 4.90 Å². The van der Waals surface area contributed by atoms with Crippen molar-refractivity contribution in [1.29, 1.82) is 5.26 Å². The summed E-state index contributed by atoms with van der Waals surface area (Å²) in [6, 6.07) is 9.87. The number of likely N-dealkylation sites (tertiary alicyclic amines) is 1. The molecule has 1 N–H and O–H groups in total. The number of benzene rings is 1. The van der Waals surface area contributed by atoms with E-state index in [4.69, 9.17) is 10.00 Å². The second-order valence-electron chi connectivity index (χ2n) is 4.67. The van der Waals surface area contributed by atoms with Gasteiger partial charge in [0, 0.05) is 26.2 Å². The van der Waals surface area contributed by atoms with E-state index >= 15 is 0 Å². The predicted octanol–water partition coefficient (Wildman–Crippen LogP) is 1.14. The Hall–Kier alpha value is -1.41. The molecule has 2 atom stereocenters. The first-order valence-electron chi connectivity index (χ1n) is 6.13. The molecular formula is C14H18N2O2. The number of aliphatic hydroxyl groups is 1. The highest BCUT2D eigenvalue weighted by Gasteiger charge is 2.31. The maximum Gasteiger partial charge on any atom is 0.0991 e. The Morgan fingerprint density at radius 2 is 2.17 bits per heavy atom. The van der Waals surface area contributed by atoms with Crippen LogP contribution in [0, 0.1) is 11.3 Å². The van der Waals surface area contributed by atoms with E-state index < -0.39 is 0 Å². The van der Waals surface area contributed by atoms with E-state index in [-0.39, 0.29) is 18.8 Å². The first-order valence-corrected chi connectivity index (χ1v) is 6.13. The van der Waals surface area contributed by atoms with Gasteiger partial charge in [0.25, 0.3) is 0 Å². The zero-order valence-corrected chi connectivity index (χ0v) is 10.5. The standard InChI is InChI=1S/C14H18N2O2/c1-18-14-6-13(10-17)16(9-14)8-12-4-2-11(7-15)3-5-12/h2-5,13-14,17H,6,8-10H2,1H3/t13-,14+/m0/s1. The van der Waals surface area contributed by atoms with Crippen molar-refractivity contribution in [3.05, 3.63) is 35.4 Å². The van der Waals surface area contributed by atoms with Crippen LogP contribution in [0.1, 0.15) is 17.5 Å². The Morgan fingerprint density at radius 1 is 1.44 bits per heavy atom. The Morgan fingerprint density at radius 3 is 2.72 bits per heavy atom. The molecule has 0 spiro atoms. The van der Waals surface area contributed by atoms with Crippen molar-refractivity contribution in [3.8, 4) is 6.07 Å². The van der Waals surface area contributed by atoms with E-state index in [1.807, 2.05) is 24.3 Å².